The monoisotopic (exact) mass is 175 g/mol. The number of aromatic nitrogens is 3. The van der Waals surface area contributed by atoms with Crippen LogP contribution in [0.5, 0.6) is 0 Å². The van der Waals surface area contributed by atoms with Gasteiger partial charge in [-0.3, -0.25) is 4.98 Å². The first-order valence-electron chi connectivity index (χ1n) is 3.86. The third-order valence-corrected chi connectivity index (χ3v) is 1.78. The summed E-state index contributed by atoms with van der Waals surface area (Å²) in [5.74, 6) is 5.87. The number of hydrazine groups is 1. The van der Waals surface area contributed by atoms with Crippen LogP contribution < -0.4 is 11.3 Å². The lowest BCUT2D eigenvalue weighted by molar-refractivity contribution is 1.13. The van der Waals surface area contributed by atoms with Crippen LogP contribution in [0.2, 0.25) is 0 Å². The second kappa shape index (κ2) is 2.95. The van der Waals surface area contributed by atoms with Crippen LogP contribution in [0, 0.1) is 6.92 Å². The molecule has 2 rings (SSSR count). The van der Waals surface area contributed by atoms with Crippen LogP contribution in [0.1, 0.15) is 5.69 Å². The van der Waals surface area contributed by atoms with Gasteiger partial charge in [0.25, 0.3) is 0 Å². The van der Waals surface area contributed by atoms with Crippen molar-refractivity contribution >= 4 is 16.9 Å². The van der Waals surface area contributed by atoms with Gasteiger partial charge in [0.05, 0.1) is 17.4 Å². The Bertz CT molecular complexity index is 439. The molecule has 0 aliphatic carbocycles. The number of hydrogen-bond acceptors (Lipinski definition) is 5. The first-order chi connectivity index (χ1) is 6.31. The molecule has 0 spiro atoms. The highest BCUT2D eigenvalue weighted by Gasteiger charge is 2.02. The number of nitrogens with two attached hydrogens (primary N) is 1. The molecule has 5 heteroatoms. The lowest BCUT2D eigenvalue weighted by Gasteiger charge is -2.03. The van der Waals surface area contributed by atoms with Crippen molar-refractivity contribution < 1.29 is 0 Å². The molecule has 0 saturated carbocycles. The lowest BCUT2D eigenvalue weighted by Crippen LogP contribution is -2.11. The summed E-state index contributed by atoms with van der Waals surface area (Å²) >= 11 is 0. The van der Waals surface area contributed by atoms with E-state index in [0.29, 0.717) is 5.82 Å². The molecule has 0 aliphatic heterocycles. The average Bonchev–Trinajstić information content (AvgIpc) is 2.17. The van der Waals surface area contributed by atoms with Gasteiger partial charge in [-0.05, 0) is 13.0 Å². The van der Waals surface area contributed by atoms with E-state index < -0.39 is 0 Å². The van der Waals surface area contributed by atoms with Gasteiger partial charge >= 0.3 is 0 Å². The highest BCUT2D eigenvalue weighted by Crippen LogP contribution is 2.13. The van der Waals surface area contributed by atoms with Crippen LogP contribution in [0.3, 0.4) is 0 Å². The number of nitrogen functional groups attached to an aromatic ring is 1. The Balaban J connectivity index is 2.74. The first-order valence-corrected chi connectivity index (χ1v) is 3.86. The maximum absolute atomic E-state index is 5.27. The highest BCUT2D eigenvalue weighted by molar-refractivity contribution is 5.74. The van der Waals surface area contributed by atoms with Gasteiger partial charge in [-0.1, -0.05) is 0 Å². The van der Waals surface area contributed by atoms with Crippen molar-refractivity contribution in [2.24, 2.45) is 5.84 Å². The predicted molar refractivity (Wildman–Crippen MR) is 49.9 cm³/mol. The molecule has 0 aliphatic rings. The number of anilines is 1. The standard InChI is InChI=1S/C8H9N5/c1-5-8(13-9)12-6-2-3-10-4-7(6)11-5/h2-4H,9H2,1H3,(H,12,13). The SMILES string of the molecule is Cc1nc2cnccc2nc1NN. The molecule has 0 unspecified atom stereocenters. The number of rotatable bonds is 1. The third-order valence-electron chi connectivity index (χ3n) is 1.78. The largest absolute Gasteiger partial charge is 0.307 e. The van der Waals surface area contributed by atoms with Crippen molar-refractivity contribution in [1.82, 2.24) is 15.0 Å². The second-order valence-corrected chi connectivity index (χ2v) is 2.67. The van der Waals surface area contributed by atoms with E-state index >= 15 is 0 Å². The summed E-state index contributed by atoms with van der Waals surface area (Å²) < 4.78 is 0. The molecule has 0 amide bonds. The Labute approximate surface area is 75.0 Å². The minimum absolute atomic E-state index is 0.596. The minimum Gasteiger partial charge on any atom is -0.307 e. The summed E-state index contributed by atoms with van der Waals surface area (Å²) in [6.07, 6.45) is 3.35. The number of fused-ring (bicyclic) bond motifs is 1. The van der Waals surface area contributed by atoms with Gasteiger partial charge in [0.2, 0.25) is 0 Å². The quantitative estimate of drug-likeness (QED) is 0.490. The van der Waals surface area contributed by atoms with Gasteiger partial charge in [0.1, 0.15) is 5.52 Å². The van der Waals surface area contributed by atoms with E-state index in [1.165, 1.54) is 0 Å². The van der Waals surface area contributed by atoms with Crippen molar-refractivity contribution in [2.45, 2.75) is 6.92 Å². The van der Waals surface area contributed by atoms with Crippen molar-refractivity contribution in [3.8, 4) is 0 Å². The summed E-state index contributed by atoms with van der Waals surface area (Å²) in [6.45, 7) is 1.84. The zero-order chi connectivity index (χ0) is 9.26. The number of nitrogens with one attached hydrogen (secondary N) is 1. The van der Waals surface area contributed by atoms with Crippen LogP contribution in [-0.2, 0) is 0 Å². The van der Waals surface area contributed by atoms with E-state index in [2.05, 4.69) is 20.4 Å². The molecule has 0 fully saturated rings. The Hall–Kier alpha value is -1.75. The van der Waals surface area contributed by atoms with Crippen LogP contribution in [0.4, 0.5) is 5.82 Å². The summed E-state index contributed by atoms with van der Waals surface area (Å²) in [5.41, 5.74) is 4.82. The fraction of sp³-hybridized carbons (Fsp3) is 0.125. The Morgan fingerprint density at radius 1 is 1.31 bits per heavy atom. The fourth-order valence-electron chi connectivity index (χ4n) is 1.13. The van der Waals surface area contributed by atoms with Crippen molar-refractivity contribution in [2.75, 3.05) is 5.43 Å². The molecule has 3 N–H and O–H groups in total. The van der Waals surface area contributed by atoms with Crippen molar-refractivity contribution in [3.63, 3.8) is 0 Å². The smallest absolute Gasteiger partial charge is 0.162 e. The molecule has 0 radical (unpaired) electrons. The molecule has 0 atom stereocenters. The fourth-order valence-corrected chi connectivity index (χ4v) is 1.13. The van der Waals surface area contributed by atoms with Crippen LogP contribution >= 0.6 is 0 Å². The van der Waals surface area contributed by atoms with Gasteiger partial charge in [0, 0.05) is 6.20 Å². The minimum atomic E-state index is 0.596. The van der Waals surface area contributed by atoms with Gasteiger partial charge in [-0.15, -0.1) is 0 Å². The molecule has 0 saturated heterocycles. The summed E-state index contributed by atoms with van der Waals surface area (Å²) in [5, 5.41) is 0. The zero-order valence-electron chi connectivity index (χ0n) is 7.15. The van der Waals surface area contributed by atoms with Gasteiger partial charge < -0.3 is 5.43 Å². The molecular weight excluding hydrogens is 166 g/mol. The first kappa shape index (κ1) is 7.88. The van der Waals surface area contributed by atoms with Gasteiger partial charge in [0.15, 0.2) is 5.82 Å². The molecule has 2 aromatic heterocycles. The third kappa shape index (κ3) is 1.29. The van der Waals surface area contributed by atoms with Crippen LogP contribution in [-0.4, -0.2) is 15.0 Å². The maximum atomic E-state index is 5.27. The number of nitrogens with zero attached hydrogens (tertiary/aromatic N) is 3. The zero-order valence-corrected chi connectivity index (χ0v) is 7.15. The molecule has 0 aromatic carbocycles. The van der Waals surface area contributed by atoms with E-state index in [1.54, 1.807) is 18.5 Å². The average molecular weight is 175 g/mol. The molecular formula is C8H9N5. The van der Waals surface area contributed by atoms with Crippen LogP contribution in [0.15, 0.2) is 18.5 Å². The van der Waals surface area contributed by atoms with Crippen molar-refractivity contribution in [3.05, 3.63) is 24.2 Å². The van der Waals surface area contributed by atoms with E-state index in [4.69, 9.17) is 5.84 Å². The highest BCUT2D eigenvalue weighted by atomic mass is 15.3. The number of hydrogen-bond donors (Lipinski definition) is 2. The summed E-state index contributed by atoms with van der Waals surface area (Å²) in [6, 6.07) is 1.79. The molecule has 0 bridgehead atoms. The van der Waals surface area contributed by atoms with Crippen molar-refractivity contribution in [1.29, 1.82) is 0 Å². The molecule has 66 valence electrons. The summed E-state index contributed by atoms with van der Waals surface area (Å²) in [4.78, 5) is 12.5. The van der Waals surface area contributed by atoms with E-state index in [-0.39, 0.29) is 0 Å². The Kier molecular flexibility index (Phi) is 1.79. The normalized spacial score (nSPS) is 10.3. The van der Waals surface area contributed by atoms with E-state index in [9.17, 15) is 0 Å². The predicted octanol–water partition coefficient (Wildman–Crippen LogP) is 0.619. The molecule has 2 heterocycles. The Morgan fingerprint density at radius 2 is 2.15 bits per heavy atom. The second-order valence-electron chi connectivity index (χ2n) is 2.67. The van der Waals surface area contributed by atoms with Crippen LogP contribution in [0.25, 0.3) is 11.0 Å². The number of aryl methyl sites for hydroxylation is 1. The maximum Gasteiger partial charge on any atom is 0.162 e. The summed E-state index contributed by atoms with van der Waals surface area (Å²) in [7, 11) is 0. The molecule has 2 aromatic rings. The van der Waals surface area contributed by atoms with E-state index in [0.717, 1.165) is 16.7 Å². The Morgan fingerprint density at radius 3 is 2.92 bits per heavy atom. The van der Waals surface area contributed by atoms with Gasteiger partial charge in [-0.25, -0.2) is 15.8 Å². The lowest BCUT2D eigenvalue weighted by atomic mass is 10.3. The number of pyridine rings is 1. The van der Waals surface area contributed by atoms with E-state index in [1.807, 2.05) is 6.92 Å². The molecule has 13 heavy (non-hydrogen) atoms. The van der Waals surface area contributed by atoms with Gasteiger partial charge in [-0.2, -0.15) is 0 Å². The topological polar surface area (TPSA) is 76.7 Å². The molecule has 5 nitrogen and oxygen atoms in total.